The lowest BCUT2D eigenvalue weighted by molar-refractivity contribution is -0.0891. The number of halogens is 1. The minimum absolute atomic E-state index is 0.103. The Kier molecular flexibility index (Phi) is 7.79. The van der Waals surface area contributed by atoms with Gasteiger partial charge in [-0.2, -0.15) is 0 Å². The van der Waals surface area contributed by atoms with Crippen molar-refractivity contribution in [1.29, 1.82) is 0 Å². The quantitative estimate of drug-likeness (QED) is 0.560. The standard InChI is InChI=1S/C20H24ClN3O5S/c21-15-2-1-3-17(12-15)30(27,28)23-11-8-16-4-5-18(19(13-25)29-16)24-20(26)14-6-9-22-10-7-14/h1-3,6-7,9-10,12,16,18-19,23,25H,4-5,8,11,13H2,(H,24,26)/t16-,18-,19+/m1/s1. The van der Waals surface area contributed by atoms with Crippen molar-refractivity contribution in [2.75, 3.05) is 13.2 Å². The van der Waals surface area contributed by atoms with Crippen LogP contribution >= 0.6 is 11.6 Å². The van der Waals surface area contributed by atoms with Crippen molar-refractivity contribution < 1.29 is 23.1 Å². The van der Waals surface area contributed by atoms with Gasteiger partial charge in [0.1, 0.15) is 6.10 Å². The van der Waals surface area contributed by atoms with Gasteiger partial charge in [0.05, 0.1) is 23.6 Å². The van der Waals surface area contributed by atoms with Crippen molar-refractivity contribution in [3.05, 3.63) is 59.4 Å². The average molecular weight is 454 g/mol. The summed E-state index contributed by atoms with van der Waals surface area (Å²) < 4.78 is 33.1. The maximum atomic E-state index is 12.4. The van der Waals surface area contributed by atoms with Crippen molar-refractivity contribution >= 4 is 27.5 Å². The number of pyridine rings is 1. The highest BCUT2D eigenvalue weighted by atomic mass is 35.5. The van der Waals surface area contributed by atoms with Crippen LogP contribution in [0.1, 0.15) is 29.6 Å². The number of nitrogens with one attached hydrogen (secondary N) is 2. The van der Waals surface area contributed by atoms with Crippen LogP contribution in [0.5, 0.6) is 0 Å². The second kappa shape index (κ2) is 10.3. The minimum atomic E-state index is -3.66. The summed E-state index contributed by atoms with van der Waals surface area (Å²) in [5.41, 5.74) is 0.485. The summed E-state index contributed by atoms with van der Waals surface area (Å²) in [7, 11) is -3.66. The van der Waals surface area contributed by atoms with Gasteiger partial charge >= 0.3 is 0 Å². The van der Waals surface area contributed by atoms with E-state index in [1.54, 1.807) is 24.3 Å². The topological polar surface area (TPSA) is 118 Å². The van der Waals surface area contributed by atoms with Crippen LogP contribution in [0.4, 0.5) is 0 Å². The summed E-state index contributed by atoms with van der Waals surface area (Å²) in [6.45, 7) is -0.0578. The van der Waals surface area contributed by atoms with Gasteiger partial charge in [0.2, 0.25) is 10.0 Å². The predicted octanol–water partition coefficient (Wildman–Crippen LogP) is 1.74. The molecule has 1 aliphatic rings. The number of sulfonamides is 1. The van der Waals surface area contributed by atoms with E-state index in [1.165, 1.54) is 24.5 Å². The van der Waals surface area contributed by atoms with Gasteiger partial charge in [-0.05, 0) is 49.6 Å². The largest absolute Gasteiger partial charge is 0.394 e. The highest BCUT2D eigenvalue weighted by Gasteiger charge is 2.32. The van der Waals surface area contributed by atoms with Gasteiger partial charge in [0.25, 0.3) is 5.91 Å². The molecule has 1 aliphatic heterocycles. The molecule has 3 N–H and O–H groups in total. The number of carbonyl (C=O) groups is 1. The molecule has 0 bridgehead atoms. The van der Waals surface area contributed by atoms with Crippen LogP contribution in [0.2, 0.25) is 5.02 Å². The number of benzene rings is 1. The highest BCUT2D eigenvalue weighted by Crippen LogP contribution is 2.22. The van der Waals surface area contributed by atoms with Crippen molar-refractivity contribution in [3.8, 4) is 0 Å². The first-order valence-corrected chi connectivity index (χ1v) is 11.5. The zero-order chi connectivity index (χ0) is 21.6. The summed E-state index contributed by atoms with van der Waals surface area (Å²) in [4.78, 5) is 16.3. The number of ether oxygens (including phenoxy) is 1. The molecule has 0 saturated carbocycles. The van der Waals surface area contributed by atoms with E-state index in [9.17, 15) is 18.3 Å². The lowest BCUT2D eigenvalue weighted by atomic mass is 9.97. The van der Waals surface area contributed by atoms with Gasteiger partial charge in [0, 0.05) is 29.5 Å². The number of hydrogen-bond acceptors (Lipinski definition) is 6. The lowest BCUT2D eigenvalue weighted by Gasteiger charge is -2.36. The van der Waals surface area contributed by atoms with Gasteiger partial charge < -0.3 is 15.2 Å². The van der Waals surface area contributed by atoms with Crippen LogP contribution in [0, 0.1) is 0 Å². The number of aliphatic hydroxyl groups is 1. The van der Waals surface area contributed by atoms with Gasteiger partial charge in [-0.3, -0.25) is 9.78 Å². The smallest absolute Gasteiger partial charge is 0.251 e. The van der Waals surface area contributed by atoms with E-state index >= 15 is 0 Å². The molecule has 3 rings (SSSR count). The van der Waals surface area contributed by atoms with E-state index < -0.39 is 16.1 Å². The fraction of sp³-hybridized carbons (Fsp3) is 0.400. The third kappa shape index (κ3) is 5.99. The third-order valence-electron chi connectivity index (χ3n) is 4.92. The van der Waals surface area contributed by atoms with Crippen molar-refractivity contribution in [2.24, 2.45) is 0 Å². The van der Waals surface area contributed by atoms with Gasteiger partial charge in [0.15, 0.2) is 0 Å². The predicted molar refractivity (Wildman–Crippen MR) is 112 cm³/mol. The van der Waals surface area contributed by atoms with Crippen molar-refractivity contribution in [1.82, 2.24) is 15.0 Å². The molecule has 2 aromatic rings. The Labute approximate surface area is 180 Å². The third-order valence-corrected chi connectivity index (χ3v) is 6.61. The molecule has 1 aromatic carbocycles. The second-order valence-corrected chi connectivity index (χ2v) is 9.22. The maximum Gasteiger partial charge on any atom is 0.251 e. The second-order valence-electron chi connectivity index (χ2n) is 7.02. The molecule has 3 atom stereocenters. The molecule has 1 aromatic heterocycles. The highest BCUT2D eigenvalue weighted by molar-refractivity contribution is 7.89. The molecule has 30 heavy (non-hydrogen) atoms. The molecule has 10 heteroatoms. The fourth-order valence-corrected chi connectivity index (χ4v) is 4.68. The number of hydrogen-bond donors (Lipinski definition) is 3. The summed E-state index contributed by atoms with van der Waals surface area (Å²) >= 11 is 5.86. The van der Waals surface area contributed by atoms with Crippen LogP contribution in [0.25, 0.3) is 0 Å². The molecule has 0 aliphatic carbocycles. The first-order valence-electron chi connectivity index (χ1n) is 9.61. The maximum absolute atomic E-state index is 12.4. The van der Waals surface area contributed by atoms with Crippen LogP contribution in [-0.2, 0) is 14.8 Å². The zero-order valence-electron chi connectivity index (χ0n) is 16.2. The zero-order valence-corrected chi connectivity index (χ0v) is 17.8. The van der Waals surface area contributed by atoms with Crippen molar-refractivity contribution in [2.45, 2.75) is 42.4 Å². The molecule has 0 unspecified atom stereocenters. The molecule has 1 fully saturated rings. The Morgan fingerprint density at radius 3 is 2.70 bits per heavy atom. The van der Waals surface area contributed by atoms with E-state index in [0.717, 1.165) is 0 Å². The monoisotopic (exact) mass is 453 g/mol. The van der Waals surface area contributed by atoms with Crippen LogP contribution in [-0.4, -0.2) is 55.8 Å². The van der Waals surface area contributed by atoms with E-state index in [2.05, 4.69) is 15.0 Å². The minimum Gasteiger partial charge on any atom is -0.394 e. The van der Waals surface area contributed by atoms with E-state index in [4.69, 9.17) is 16.3 Å². The number of aromatic nitrogens is 1. The van der Waals surface area contributed by atoms with E-state index in [0.29, 0.717) is 29.8 Å². The molecule has 2 heterocycles. The molecule has 1 saturated heterocycles. The summed E-state index contributed by atoms with van der Waals surface area (Å²) in [6, 6.07) is 8.95. The van der Waals surface area contributed by atoms with Gasteiger partial charge in [-0.25, -0.2) is 13.1 Å². The molecular weight excluding hydrogens is 430 g/mol. The van der Waals surface area contributed by atoms with E-state index in [-0.39, 0.29) is 36.1 Å². The van der Waals surface area contributed by atoms with E-state index in [1.807, 2.05) is 0 Å². The molecule has 8 nitrogen and oxygen atoms in total. The van der Waals surface area contributed by atoms with Gasteiger partial charge in [-0.15, -0.1) is 0 Å². The molecule has 0 radical (unpaired) electrons. The average Bonchev–Trinajstić information content (AvgIpc) is 2.75. The Hall–Kier alpha value is -2.04. The normalized spacial score (nSPS) is 21.9. The summed E-state index contributed by atoms with van der Waals surface area (Å²) in [5.74, 6) is -0.253. The molecule has 1 amide bonds. The summed E-state index contributed by atoms with van der Waals surface area (Å²) in [6.07, 6.45) is 4.00. The number of carbonyl (C=O) groups excluding carboxylic acids is 1. The lowest BCUT2D eigenvalue weighted by Crippen LogP contribution is -2.51. The Bertz CT molecular complexity index is 958. The van der Waals surface area contributed by atoms with Crippen molar-refractivity contribution in [3.63, 3.8) is 0 Å². The van der Waals surface area contributed by atoms with Crippen LogP contribution in [0.3, 0.4) is 0 Å². The Morgan fingerprint density at radius 2 is 2.00 bits per heavy atom. The number of aliphatic hydroxyl groups excluding tert-OH is 1. The first-order chi connectivity index (χ1) is 14.4. The van der Waals surface area contributed by atoms with Gasteiger partial charge in [-0.1, -0.05) is 17.7 Å². The molecular formula is C20H24ClN3O5S. The van der Waals surface area contributed by atoms with Crippen LogP contribution < -0.4 is 10.0 Å². The summed E-state index contributed by atoms with van der Waals surface area (Å²) in [5, 5.41) is 12.9. The number of nitrogens with zero attached hydrogens (tertiary/aromatic N) is 1. The molecule has 0 spiro atoms. The SMILES string of the molecule is O=C(N[C@@H]1CC[C@H](CCNS(=O)(=O)c2cccc(Cl)c2)O[C@H]1CO)c1ccncc1. The van der Waals surface area contributed by atoms with Crippen LogP contribution in [0.15, 0.2) is 53.7 Å². The Morgan fingerprint density at radius 1 is 1.23 bits per heavy atom. The number of rotatable bonds is 8. The first kappa shape index (κ1) is 22.6. The fourth-order valence-electron chi connectivity index (χ4n) is 3.34. The molecule has 162 valence electrons. The number of amides is 1. The Balaban J connectivity index is 1.50.